The predicted molar refractivity (Wildman–Crippen MR) is 41.8 cm³/mol. The van der Waals surface area contributed by atoms with Gasteiger partial charge in [-0.25, -0.2) is 13.6 Å². The monoisotopic (exact) mass is 208 g/mol. The van der Waals surface area contributed by atoms with E-state index in [9.17, 15) is 18.4 Å². The largest absolute Gasteiger partial charge is 0.480 e. The zero-order valence-corrected chi connectivity index (χ0v) is 7.24. The molecular formula is C7H10F2N2O3. The maximum atomic E-state index is 12.8. The third kappa shape index (κ3) is 1.98. The highest BCUT2D eigenvalue weighted by Gasteiger charge is 2.49. The van der Waals surface area contributed by atoms with Crippen molar-refractivity contribution in [2.45, 2.75) is 18.4 Å². The summed E-state index contributed by atoms with van der Waals surface area (Å²) in [5.41, 5.74) is 4.97. The van der Waals surface area contributed by atoms with Gasteiger partial charge in [-0.1, -0.05) is 0 Å². The fraction of sp³-hybridized carbons (Fsp3) is 0.714. The number of nitrogens with two attached hydrogens (primary N) is 1. The number of carbonyl (C=O) groups is 2. The number of hydrogen-bond donors (Lipinski definition) is 2. The van der Waals surface area contributed by atoms with Gasteiger partial charge in [-0.2, -0.15) is 0 Å². The fourth-order valence-electron chi connectivity index (χ4n) is 1.42. The van der Waals surface area contributed by atoms with Gasteiger partial charge in [0.2, 0.25) is 5.91 Å². The molecule has 1 aliphatic rings. The van der Waals surface area contributed by atoms with Gasteiger partial charge in [-0.3, -0.25) is 4.79 Å². The number of carbonyl (C=O) groups excluding carboxylic acids is 1. The van der Waals surface area contributed by atoms with E-state index in [0.29, 0.717) is 4.90 Å². The van der Waals surface area contributed by atoms with Crippen LogP contribution in [-0.2, 0) is 9.59 Å². The minimum Gasteiger partial charge on any atom is -0.480 e. The molecule has 3 N–H and O–H groups in total. The van der Waals surface area contributed by atoms with E-state index < -0.39 is 43.4 Å². The zero-order chi connectivity index (χ0) is 10.9. The highest BCUT2D eigenvalue weighted by molar-refractivity contribution is 5.85. The van der Waals surface area contributed by atoms with E-state index in [1.165, 1.54) is 0 Å². The number of carboxylic acid groups (broad SMARTS) is 1. The first-order valence-electron chi connectivity index (χ1n) is 3.97. The van der Waals surface area contributed by atoms with Crippen LogP contribution in [0.1, 0.15) is 6.42 Å². The van der Waals surface area contributed by atoms with E-state index in [2.05, 4.69) is 0 Å². The Labute approximate surface area is 78.5 Å². The Kier molecular flexibility index (Phi) is 2.70. The molecule has 1 aliphatic heterocycles. The van der Waals surface area contributed by atoms with Crippen molar-refractivity contribution in [1.29, 1.82) is 0 Å². The van der Waals surface area contributed by atoms with E-state index in [0.717, 1.165) is 0 Å². The second-order valence-corrected chi connectivity index (χ2v) is 3.14. The Morgan fingerprint density at radius 3 is 2.57 bits per heavy atom. The Morgan fingerprint density at radius 2 is 2.14 bits per heavy atom. The van der Waals surface area contributed by atoms with Gasteiger partial charge in [0.05, 0.1) is 13.1 Å². The molecular weight excluding hydrogens is 198 g/mol. The van der Waals surface area contributed by atoms with Crippen molar-refractivity contribution in [2.24, 2.45) is 5.73 Å². The third-order valence-electron chi connectivity index (χ3n) is 2.05. The second-order valence-electron chi connectivity index (χ2n) is 3.14. The lowest BCUT2D eigenvalue weighted by Gasteiger charge is -2.19. The average Bonchev–Trinajstić information content (AvgIpc) is 2.40. The molecule has 0 spiro atoms. The third-order valence-corrected chi connectivity index (χ3v) is 2.05. The summed E-state index contributed by atoms with van der Waals surface area (Å²) >= 11 is 0. The molecule has 1 unspecified atom stereocenters. The number of hydrogen-bond acceptors (Lipinski definition) is 3. The zero-order valence-electron chi connectivity index (χ0n) is 7.24. The number of halogens is 2. The lowest BCUT2D eigenvalue weighted by atomic mass is 10.2. The smallest absolute Gasteiger partial charge is 0.326 e. The minimum absolute atomic E-state index is 0.458. The molecule has 1 saturated heterocycles. The lowest BCUT2D eigenvalue weighted by Crippen LogP contribution is -2.43. The van der Waals surface area contributed by atoms with Gasteiger partial charge in [0.25, 0.3) is 5.92 Å². The summed E-state index contributed by atoms with van der Waals surface area (Å²) in [5.74, 6) is -5.33. The number of rotatable bonds is 2. The van der Waals surface area contributed by atoms with Crippen LogP contribution in [0.25, 0.3) is 0 Å². The molecule has 0 aromatic carbocycles. The summed E-state index contributed by atoms with van der Waals surface area (Å²) in [6.07, 6.45) is -0.839. The van der Waals surface area contributed by atoms with Crippen LogP contribution in [0.3, 0.4) is 0 Å². The molecule has 0 aromatic rings. The summed E-state index contributed by atoms with van der Waals surface area (Å²) in [7, 11) is 0. The molecule has 0 radical (unpaired) electrons. The van der Waals surface area contributed by atoms with Crippen LogP contribution in [0.2, 0.25) is 0 Å². The van der Waals surface area contributed by atoms with Crippen molar-refractivity contribution in [2.75, 3.05) is 13.1 Å². The molecule has 14 heavy (non-hydrogen) atoms. The first-order chi connectivity index (χ1) is 6.37. The first-order valence-corrected chi connectivity index (χ1v) is 3.97. The van der Waals surface area contributed by atoms with Crippen LogP contribution in [-0.4, -0.2) is 46.9 Å². The van der Waals surface area contributed by atoms with Crippen molar-refractivity contribution in [1.82, 2.24) is 4.90 Å². The SMILES string of the molecule is NCC(=O)N1CC(F)(F)CC1C(=O)O. The number of amides is 1. The summed E-state index contributed by atoms with van der Waals surface area (Å²) in [4.78, 5) is 22.2. The lowest BCUT2D eigenvalue weighted by molar-refractivity contribution is -0.147. The normalized spacial score (nSPS) is 25.1. The summed E-state index contributed by atoms with van der Waals surface area (Å²) < 4.78 is 25.6. The molecule has 7 heteroatoms. The molecule has 1 amide bonds. The quantitative estimate of drug-likeness (QED) is 0.626. The molecule has 0 aromatic heterocycles. The molecule has 1 atom stereocenters. The van der Waals surface area contributed by atoms with Gasteiger partial charge in [0.15, 0.2) is 0 Å². The molecule has 0 saturated carbocycles. The summed E-state index contributed by atoms with van der Waals surface area (Å²) in [6.45, 7) is -1.32. The number of nitrogens with zero attached hydrogens (tertiary/aromatic N) is 1. The number of aliphatic carboxylic acids is 1. The van der Waals surface area contributed by atoms with E-state index in [1.54, 1.807) is 0 Å². The van der Waals surface area contributed by atoms with Gasteiger partial charge in [-0.15, -0.1) is 0 Å². The number of likely N-dealkylation sites (tertiary alicyclic amines) is 1. The Bertz CT molecular complexity index is 270. The number of carboxylic acids is 1. The van der Waals surface area contributed by atoms with Crippen molar-refractivity contribution in [3.05, 3.63) is 0 Å². The highest BCUT2D eigenvalue weighted by Crippen LogP contribution is 2.31. The fourth-order valence-corrected chi connectivity index (χ4v) is 1.42. The Hall–Kier alpha value is -1.24. The molecule has 80 valence electrons. The van der Waals surface area contributed by atoms with E-state index >= 15 is 0 Å². The van der Waals surface area contributed by atoms with E-state index in [1.807, 2.05) is 0 Å². The van der Waals surface area contributed by atoms with Crippen LogP contribution >= 0.6 is 0 Å². The molecule has 5 nitrogen and oxygen atoms in total. The topological polar surface area (TPSA) is 83.6 Å². The Balaban J connectivity index is 2.83. The number of alkyl halides is 2. The molecule has 0 aliphatic carbocycles. The molecule has 0 bridgehead atoms. The van der Waals surface area contributed by atoms with Gasteiger partial charge in [0.1, 0.15) is 6.04 Å². The van der Waals surface area contributed by atoms with Gasteiger partial charge in [-0.05, 0) is 0 Å². The second kappa shape index (κ2) is 3.49. The average molecular weight is 208 g/mol. The highest BCUT2D eigenvalue weighted by atomic mass is 19.3. The molecule has 1 fully saturated rings. The van der Waals surface area contributed by atoms with Gasteiger partial charge < -0.3 is 15.7 Å². The predicted octanol–water partition coefficient (Wildman–Crippen LogP) is -0.734. The van der Waals surface area contributed by atoms with Crippen LogP contribution in [0.15, 0.2) is 0 Å². The van der Waals surface area contributed by atoms with Crippen LogP contribution in [0.4, 0.5) is 8.78 Å². The van der Waals surface area contributed by atoms with Crippen molar-refractivity contribution in [3.63, 3.8) is 0 Å². The summed E-state index contributed by atoms with van der Waals surface area (Å²) in [6, 6.07) is -1.46. The van der Waals surface area contributed by atoms with Gasteiger partial charge in [0, 0.05) is 6.42 Å². The molecule has 1 rings (SSSR count). The van der Waals surface area contributed by atoms with Gasteiger partial charge >= 0.3 is 5.97 Å². The maximum Gasteiger partial charge on any atom is 0.326 e. The summed E-state index contributed by atoms with van der Waals surface area (Å²) in [5, 5.41) is 8.59. The Morgan fingerprint density at radius 1 is 1.57 bits per heavy atom. The van der Waals surface area contributed by atoms with Crippen LogP contribution in [0, 0.1) is 0 Å². The van der Waals surface area contributed by atoms with Crippen molar-refractivity contribution in [3.8, 4) is 0 Å². The van der Waals surface area contributed by atoms with E-state index in [-0.39, 0.29) is 0 Å². The van der Waals surface area contributed by atoms with Crippen molar-refractivity contribution < 1.29 is 23.5 Å². The van der Waals surface area contributed by atoms with Crippen molar-refractivity contribution >= 4 is 11.9 Å². The van der Waals surface area contributed by atoms with E-state index in [4.69, 9.17) is 10.8 Å². The molecule has 1 heterocycles. The maximum absolute atomic E-state index is 12.8. The van der Waals surface area contributed by atoms with Crippen LogP contribution in [0.5, 0.6) is 0 Å². The minimum atomic E-state index is -3.13. The van der Waals surface area contributed by atoms with Crippen LogP contribution < -0.4 is 5.73 Å². The standard InChI is InChI=1S/C7H10F2N2O3/c8-7(9)1-4(6(13)14)11(3-7)5(12)2-10/h4H,1-3,10H2,(H,13,14). The first kappa shape index (κ1) is 10.8.